The van der Waals surface area contributed by atoms with Crippen molar-refractivity contribution in [1.82, 2.24) is 5.32 Å². The van der Waals surface area contributed by atoms with Gasteiger partial charge in [0.15, 0.2) is 0 Å². The molecule has 0 spiro atoms. The number of furan rings is 1. The molecule has 18 heavy (non-hydrogen) atoms. The molecule has 4 nitrogen and oxygen atoms in total. The molecule has 0 aliphatic rings. The van der Waals surface area contributed by atoms with Crippen LogP contribution in [-0.2, 0) is 11.3 Å². The van der Waals surface area contributed by atoms with Crippen molar-refractivity contribution in [2.45, 2.75) is 32.4 Å². The molecule has 1 amide bonds. The summed E-state index contributed by atoms with van der Waals surface area (Å²) in [4.78, 5) is 11.7. The van der Waals surface area contributed by atoms with Crippen LogP contribution in [0.4, 0.5) is 0 Å². The van der Waals surface area contributed by atoms with Crippen LogP contribution in [0.25, 0.3) is 11.0 Å². The van der Waals surface area contributed by atoms with Gasteiger partial charge in [-0.25, -0.2) is 0 Å². The van der Waals surface area contributed by atoms with E-state index in [2.05, 4.69) is 5.32 Å². The summed E-state index contributed by atoms with van der Waals surface area (Å²) in [5, 5.41) is 3.89. The second-order valence-electron chi connectivity index (χ2n) is 5.20. The van der Waals surface area contributed by atoms with E-state index in [-0.39, 0.29) is 5.91 Å². The minimum absolute atomic E-state index is 0.0484. The van der Waals surface area contributed by atoms with Crippen molar-refractivity contribution >= 4 is 16.9 Å². The summed E-state index contributed by atoms with van der Waals surface area (Å²) < 4.78 is 5.41. The molecule has 0 radical (unpaired) electrons. The highest BCUT2D eigenvalue weighted by molar-refractivity contribution is 5.82. The molecule has 0 aliphatic heterocycles. The summed E-state index contributed by atoms with van der Waals surface area (Å²) in [7, 11) is 0. The van der Waals surface area contributed by atoms with Gasteiger partial charge in [0.25, 0.3) is 0 Å². The lowest BCUT2D eigenvalue weighted by Crippen LogP contribution is -2.38. The maximum absolute atomic E-state index is 11.7. The van der Waals surface area contributed by atoms with Gasteiger partial charge in [0.2, 0.25) is 5.91 Å². The quantitative estimate of drug-likeness (QED) is 0.868. The Balaban J connectivity index is 2.00. The number of carbonyl (C=O) groups is 1. The third-order valence-corrected chi connectivity index (χ3v) is 2.65. The van der Waals surface area contributed by atoms with E-state index >= 15 is 0 Å². The van der Waals surface area contributed by atoms with Gasteiger partial charge in [-0.3, -0.25) is 4.79 Å². The van der Waals surface area contributed by atoms with Crippen LogP contribution in [-0.4, -0.2) is 11.4 Å². The first-order valence-corrected chi connectivity index (χ1v) is 5.96. The number of benzene rings is 1. The maximum atomic E-state index is 11.7. The van der Waals surface area contributed by atoms with Gasteiger partial charge in [0, 0.05) is 29.5 Å². The van der Waals surface area contributed by atoms with E-state index in [0.717, 1.165) is 16.5 Å². The van der Waals surface area contributed by atoms with Gasteiger partial charge >= 0.3 is 0 Å². The zero-order valence-electron chi connectivity index (χ0n) is 10.7. The molecule has 0 aliphatic carbocycles. The van der Waals surface area contributed by atoms with E-state index in [1.54, 1.807) is 6.26 Å². The lowest BCUT2D eigenvalue weighted by molar-refractivity contribution is -0.122. The Morgan fingerprint density at radius 3 is 2.83 bits per heavy atom. The van der Waals surface area contributed by atoms with Gasteiger partial charge in [-0.2, -0.15) is 0 Å². The van der Waals surface area contributed by atoms with Gasteiger partial charge < -0.3 is 15.5 Å². The van der Waals surface area contributed by atoms with Crippen molar-refractivity contribution in [2.24, 2.45) is 5.73 Å². The number of para-hydroxylation sites is 1. The van der Waals surface area contributed by atoms with Gasteiger partial charge in [0.05, 0.1) is 6.26 Å². The van der Waals surface area contributed by atoms with Crippen LogP contribution in [0.3, 0.4) is 0 Å². The Morgan fingerprint density at radius 1 is 1.39 bits per heavy atom. The van der Waals surface area contributed by atoms with Crippen LogP contribution in [0.5, 0.6) is 0 Å². The minimum atomic E-state index is -0.484. The predicted molar refractivity (Wildman–Crippen MR) is 70.9 cm³/mol. The first-order valence-electron chi connectivity index (χ1n) is 5.96. The number of rotatable bonds is 4. The molecule has 0 fully saturated rings. The standard InChI is InChI=1S/C14H18N2O2/c1-14(2,15)7-13(17)16-8-10-9-18-12-6-4-3-5-11(10)12/h3-6,9H,7-8,15H2,1-2H3,(H,16,17). The molecule has 2 rings (SSSR count). The fourth-order valence-electron chi connectivity index (χ4n) is 1.84. The molecule has 0 saturated heterocycles. The Bertz CT molecular complexity index is 552. The molecule has 0 unspecified atom stereocenters. The van der Waals surface area contributed by atoms with Crippen LogP contribution in [0, 0.1) is 0 Å². The molecular formula is C14H18N2O2. The van der Waals surface area contributed by atoms with Crippen LogP contribution in [0.1, 0.15) is 25.8 Å². The van der Waals surface area contributed by atoms with E-state index < -0.39 is 5.54 Å². The normalized spacial score (nSPS) is 11.7. The molecule has 1 heterocycles. The van der Waals surface area contributed by atoms with Crippen molar-refractivity contribution in [3.63, 3.8) is 0 Å². The van der Waals surface area contributed by atoms with Crippen LogP contribution >= 0.6 is 0 Å². The highest BCUT2D eigenvalue weighted by Gasteiger charge is 2.16. The van der Waals surface area contributed by atoms with Gasteiger partial charge in [-0.1, -0.05) is 18.2 Å². The van der Waals surface area contributed by atoms with Crippen LogP contribution < -0.4 is 11.1 Å². The summed E-state index contributed by atoms with van der Waals surface area (Å²) in [5.74, 6) is -0.0484. The highest BCUT2D eigenvalue weighted by atomic mass is 16.3. The van der Waals surface area contributed by atoms with Gasteiger partial charge in [-0.15, -0.1) is 0 Å². The summed E-state index contributed by atoms with van der Waals surface area (Å²) in [6.07, 6.45) is 1.99. The third-order valence-electron chi connectivity index (χ3n) is 2.65. The van der Waals surface area contributed by atoms with Crippen LogP contribution in [0.2, 0.25) is 0 Å². The van der Waals surface area contributed by atoms with Crippen molar-refractivity contribution in [1.29, 1.82) is 0 Å². The number of carbonyl (C=O) groups excluding carboxylic acids is 1. The largest absolute Gasteiger partial charge is 0.464 e. The van der Waals surface area contributed by atoms with E-state index in [0.29, 0.717) is 13.0 Å². The first-order chi connectivity index (χ1) is 8.46. The second-order valence-corrected chi connectivity index (χ2v) is 5.20. The summed E-state index contributed by atoms with van der Waals surface area (Å²) >= 11 is 0. The van der Waals surface area contributed by atoms with Crippen molar-refractivity contribution < 1.29 is 9.21 Å². The average Bonchev–Trinajstić information content (AvgIpc) is 2.67. The fourth-order valence-corrected chi connectivity index (χ4v) is 1.84. The van der Waals surface area contributed by atoms with E-state index in [1.807, 2.05) is 38.1 Å². The van der Waals surface area contributed by atoms with E-state index in [1.165, 1.54) is 0 Å². The van der Waals surface area contributed by atoms with E-state index in [4.69, 9.17) is 10.2 Å². The number of fused-ring (bicyclic) bond motifs is 1. The van der Waals surface area contributed by atoms with Crippen molar-refractivity contribution in [3.05, 3.63) is 36.1 Å². The average molecular weight is 246 g/mol. The number of hydrogen-bond donors (Lipinski definition) is 2. The Labute approximate surface area is 106 Å². The zero-order valence-corrected chi connectivity index (χ0v) is 10.7. The molecule has 1 aromatic carbocycles. The summed E-state index contributed by atoms with van der Waals surface area (Å²) in [6.45, 7) is 4.13. The van der Waals surface area contributed by atoms with Crippen molar-refractivity contribution in [2.75, 3.05) is 0 Å². The topological polar surface area (TPSA) is 68.3 Å². The van der Waals surface area contributed by atoms with Crippen molar-refractivity contribution in [3.8, 4) is 0 Å². The SMILES string of the molecule is CC(C)(N)CC(=O)NCc1coc2ccccc12. The summed E-state index contributed by atoms with van der Waals surface area (Å²) in [6, 6.07) is 7.76. The first kappa shape index (κ1) is 12.6. The monoisotopic (exact) mass is 246 g/mol. The van der Waals surface area contributed by atoms with Crippen LogP contribution in [0.15, 0.2) is 34.9 Å². The molecule has 2 aromatic rings. The number of nitrogens with one attached hydrogen (secondary N) is 1. The highest BCUT2D eigenvalue weighted by Crippen LogP contribution is 2.20. The predicted octanol–water partition coefficient (Wildman–Crippen LogP) is 2.18. The minimum Gasteiger partial charge on any atom is -0.464 e. The molecular weight excluding hydrogens is 228 g/mol. The molecule has 0 saturated carbocycles. The lowest BCUT2D eigenvalue weighted by Gasteiger charge is -2.17. The molecule has 1 aromatic heterocycles. The zero-order chi connectivity index (χ0) is 13.2. The number of amides is 1. The molecule has 0 atom stereocenters. The molecule has 4 heteroatoms. The number of nitrogens with two attached hydrogens (primary N) is 1. The van der Waals surface area contributed by atoms with Gasteiger partial charge in [-0.05, 0) is 19.9 Å². The third kappa shape index (κ3) is 3.11. The Kier molecular flexibility index (Phi) is 3.39. The Morgan fingerprint density at radius 2 is 2.11 bits per heavy atom. The molecule has 0 bridgehead atoms. The lowest BCUT2D eigenvalue weighted by atomic mass is 10.0. The maximum Gasteiger partial charge on any atom is 0.222 e. The van der Waals surface area contributed by atoms with Gasteiger partial charge in [0.1, 0.15) is 5.58 Å². The number of hydrogen-bond acceptors (Lipinski definition) is 3. The smallest absolute Gasteiger partial charge is 0.222 e. The summed E-state index contributed by atoms with van der Waals surface area (Å²) in [5.41, 5.74) is 7.13. The second kappa shape index (κ2) is 4.82. The molecule has 96 valence electrons. The Hall–Kier alpha value is -1.81. The fraction of sp³-hybridized carbons (Fsp3) is 0.357. The van der Waals surface area contributed by atoms with E-state index in [9.17, 15) is 4.79 Å². The molecule has 3 N–H and O–H groups in total.